The predicted molar refractivity (Wildman–Crippen MR) is 201 cm³/mol. The van der Waals surface area contributed by atoms with Gasteiger partial charge < -0.3 is 25.8 Å². The molecule has 5 aromatic heterocycles. The third-order valence-corrected chi connectivity index (χ3v) is 9.47. The fraction of sp³-hybridized carbons (Fsp3) is 0.405. The van der Waals surface area contributed by atoms with Crippen molar-refractivity contribution in [3.63, 3.8) is 0 Å². The van der Waals surface area contributed by atoms with Crippen molar-refractivity contribution in [2.24, 2.45) is 0 Å². The first-order valence-corrected chi connectivity index (χ1v) is 17.8. The Morgan fingerprint density at radius 3 is 1.76 bits per heavy atom. The number of amides is 2. The Labute approximate surface area is 302 Å². The van der Waals surface area contributed by atoms with Crippen molar-refractivity contribution in [3.8, 4) is 0 Å². The molecule has 2 aliphatic rings. The van der Waals surface area contributed by atoms with E-state index in [1.54, 1.807) is 26.1 Å². The highest BCUT2D eigenvalue weighted by Crippen LogP contribution is 2.24. The monoisotopic (exact) mass is 709 g/mol. The summed E-state index contributed by atoms with van der Waals surface area (Å²) in [5.74, 6) is 2.05. The maximum absolute atomic E-state index is 11.5. The van der Waals surface area contributed by atoms with Crippen molar-refractivity contribution in [1.29, 1.82) is 0 Å². The molecule has 14 heteroatoms. The number of hydrogen-bond acceptors (Lipinski definition) is 11. The molecule has 0 unspecified atom stereocenters. The second-order valence-corrected chi connectivity index (χ2v) is 13.7. The van der Waals surface area contributed by atoms with Gasteiger partial charge in [0.1, 0.15) is 11.0 Å². The first-order valence-electron chi connectivity index (χ1n) is 17.4. The third-order valence-electron chi connectivity index (χ3n) is 9.26. The Kier molecular flexibility index (Phi) is 11.3. The molecule has 0 saturated carbocycles. The Balaban J connectivity index is 0.000000187. The summed E-state index contributed by atoms with van der Waals surface area (Å²) in [5.41, 5.74) is 6.26. The molecular formula is C37H44ClN11O2. The number of halogens is 1. The lowest BCUT2D eigenvalue weighted by atomic mass is 10.0. The van der Waals surface area contributed by atoms with Gasteiger partial charge in [0.05, 0.1) is 52.0 Å². The average molecular weight is 710 g/mol. The van der Waals surface area contributed by atoms with Gasteiger partial charge in [0.15, 0.2) is 5.82 Å². The van der Waals surface area contributed by atoms with E-state index < -0.39 is 0 Å². The molecule has 2 aliphatic heterocycles. The van der Waals surface area contributed by atoms with E-state index in [-0.39, 0.29) is 11.8 Å². The van der Waals surface area contributed by atoms with Crippen LogP contribution in [0.5, 0.6) is 0 Å². The molecule has 7 rings (SSSR count). The highest BCUT2D eigenvalue weighted by molar-refractivity contribution is 6.29. The molecule has 7 heterocycles. The summed E-state index contributed by atoms with van der Waals surface area (Å²) in [5, 5.41) is 18.9. The Morgan fingerprint density at radius 2 is 1.24 bits per heavy atom. The molecule has 0 aliphatic carbocycles. The SMILES string of the molecule is CC(=O)N1CCC(Nc2cnc3ccc(Cl)nc3c2)CC1.CC(=O)N1CCC(Nc2cnc3ccc(Nc4cc(C(C)C)cnn4)nc3c2)CC1. The minimum Gasteiger partial charge on any atom is -0.381 e. The molecular weight excluding hydrogens is 666 g/mol. The standard InChI is InChI=1S/C22H27N7O.C15H17ClN4O/c1-14(2)16-10-22(28-24-12-16)27-21-5-4-19-20(26-21)11-18(13-23-19)25-17-6-8-29(9-7-17)15(3)30;1-10(21)20-6-4-11(5-7-20)18-12-8-14-13(17-9-12)2-3-15(16)19-14/h4-5,10-14,17,25H,6-9H2,1-3H3,(H,26,27,28);2-3,8-9,11,18H,4-7H2,1H3. The van der Waals surface area contributed by atoms with Gasteiger partial charge in [-0.25, -0.2) is 9.97 Å². The summed E-state index contributed by atoms with van der Waals surface area (Å²) >= 11 is 5.91. The van der Waals surface area contributed by atoms with Gasteiger partial charge in [0.2, 0.25) is 11.8 Å². The molecule has 0 spiro atoms. The molecule has 2 fully saturated rings. The summed E-state index contributed by atoms with van der Waals surface area (Å²) < 4.78 is 0. The molecule has 0 atom stereocenters. The summed E-state index contributed by atoms with van der Waals surface area (Å²) in [6, 6.07) is 14.1. The zero-order chi connectivity index (χ0) is 35.9. The first kappa shape index (κ1) is 35.6. The number of aromatic nitrogens is 6. The molecule has 3 N–H and O–H groups in total. The van der Waals surface area contributed by atoms with E-state index in [1.807, 2.05) is 58.6 Å². The first-order chi connectivity index (χ1) is 24.6. The fourth-order valence-electron chi connectivity index (χ4n) is 6.25. The highest BCUT2D eigenvalue weighted by Gasteiger charge is 2.22. The number of carbonyl (C=O) groups excluding carboxylic acids is 2. The molecule has 0 radical (unpaired) electrons. The predicted octanol–water partition coefficient (Wildman–Crippen LogP) is 6.42. The van der Waals surface area contributed by atoms with Gasteiger partial charge in [-0.1, -0.05) is 25.4 Å². The lowest BCUT2D eigenvalue weighted by Gasteiger charge is -2.32. The lowest BCUT2D eigenvalue weighted by Crippen LogP contribution is -2.41. The smallest absolute Gasteiger partial charge is 0.219 e. The van der Waals surface area contributed by atoms with E-state index >= 15 is 0 Å². The van der Waals surface area contributed by atoms with Crippen molar-refractivity contribution < 1.29 is 9.59 Å². The van der Waals surface area contributed by atoms with Crippen molar-refractivity contribution >= 4 is 68.5 Å². The molecule has 51 heavy (non-hydrogen) atoms. The topological polar surface area (TPSA) is 154 Å². The van der Waals surface area contributed by atoms with Crippen LogP contribution in [-0.2, 0) is 9.59 Å². The number of carbonyl (C=O) groups is 2. The van der Waals surface area contributed by atoms with Gasteiger partial charge in [-0.05, 0) is 79.6 Å². The van der Waals surface area contributed by atoms with E-state index in [1.165, 1.54) is 0 Å². The van der Waals surface area contributed by atoms with Gasteiger partial charge in [0, 0.05) is 52.1 Å². The quantitative estimate of drug-likeness (QED) is 0.161. The van der Waals surface area contributed by atoms with Crippen LogP contribution in [0.4, 0.5) is 23.0 Å². The summed E-state index contributed by atoms with van der Waals surface area (Å²) in [7, 11) is 0. The van der Waals surface area contributed by atoms with Gasteiger partial charge >= 0.3 is 0 Å². The average Bonchev–Trinajstić information content (AvgIpc) is 3.12. The summed E-state index contributed by atoms with van der Waals surface area (Å²) in [4.78, 5) is 44.5. The van der Waals surface area contributed by atoms with Crippen molar-refractivity contribution in [3.05, 3.63) is 71.8 Å². The van der Waals surface area contributed by atoms with E-state index in [2.05, 4.69) is 54.9 Å². The van der Waals surface area contributed by atoms with Crippen molar-refractivity contribution in [2.75, 3.05) is 42.1 Å². The molecule has 2 amide bonds. The molecule has 2 saturated heterocycles. The Bertz CT molecular complexity index is 1990. The van der Waals surface area contributed by atoms with Gasteiger partial charge in [-0.15, -0.1) is 5.10 Å². The molecule has 266 valence electrons. The van der Waals surface area contributed by atoms with Gasteiger partial charge in [0.25, 0.3) is 0 Å². The number of nitrogens with zero attached hydrogens (tertiary/aromatic N) is 8. The number of rotatable bonds is 7. The van der Waals surface area contributed by atoms with Crippen LogP contribution in [0.2, 0.25) is 5.15 Å². The second-order valence-electron chi connectivity index (χ2n) is 13.4. The normalized spacial score (nSPS) is 15.4. The van der Waals surface area contributed by atoms with Crippen LogP contribution in [0, 0.1) is 0 Å². The number of nitrogens with one attached hydrogen (secondary N) is 3. The molecule has 0 bridgehead atoms. The fourth-order valence-corrected chi connectivity index (χ4v) is 6.41. The second kappa shape index (κ2) is 16.2. The zero-order valence-corrected chi connectivity index (χ0v) is 30.2. The van der Waals surface area contributed by atoms with Crippen LogP contribution in [0.25, 0.3) is 22.1 Å². The van der Waals surface area contributed by atoms with Gasteiger partial charge in [-0.2, -0.15) is 5.10 Å². The van der Waals surface area contributed by atoms with Crippen LogP contribution >= 0.6 is 11.6 Å². The number of fused-ring (bicyclic) bond motifs is 2. The number of hydrogen-bond donors (Lipinski definition) is 3. The number of anilines is 4. The lowest BCUT2D eigenvalue weighted by molar-refractivity contribution is -0.130. The van der Waals surface area contributed by atoms with E-state index in [4.69, 9.17) is 16.6 Å². The number of pyridine rings is 4. The van der Waals surface area contributed by atoms with Crippen LogP contribution < -0.4 is 16.0 Å². The number of likely N-dealkylation sites (tertiary alicyclic amines) is 2. The number of piperidine rings is 2. The van der Waals surface area contributed by atoms with Crippen LogP contribution in [0.1, 0.15) is 64.9 Å². The Morgan fingerprint density at radius 1 is 0.706 bits per heavy atom. The maximum Gasteiger partial charge on any atom is 0.219 e. The largest absolute Gasteiger partial charge is 0.381 e. The molecule has 0 aromatic carbocycles. The van der Waals surface area contributed by atoms with E-state index in [9.17, 15) is 9.59 Å². The third kappa shape index (κ3) is 9.54. The summed E-state index contributed by atoms with van der Waals surface area (Å²) in [6.07, 6.45) is 9.18. The van der Waals surface area contributed by atoms with Crippen molar-refractivity contribution in [2.45, 2.75) is 71.4 Å². The highest BCUT2D eigenvalue weighted by atomic mass is 35.5. The van der Waals surface area contributed by atoms with Crippen LogP contribution in [-0.4, -0.2) is 90.0 Å². The summed E-state index contributed by atoms with van der Waals surface area (Å²) in [6.45, 7) is 10.7. The van der Waals surface area contributed by atoms with Crippen LogP contribution in [0.15, 0.2) is 61.1 Å². The molecule has 5 aromatic rings. The Hall–Kier alpha value is -5.17. The molecule has 13 nitrogen and oxygen atoms in total. The van der Waals surface area contributed by atoms with Gasteiger partial charge in [-0.3, -0.25) is 19.6 Å². The zero-order valence-electron chi connectivity index (χ0n) is 29.4. The minimum atomic E-state index is 0.147. The van der Waals surface area contributed by atoms with Crippen molar-refractivity contribution in [1.82, 2.24) is 39.9 Å². The van der Waals surface area contributed by atoms with Crippen LogP contribution in [0.3, 0.4) is 0 Å². The van der Waals surface area contributed by atoms with E-state index in [0.717, 1.165) is 90.9 Å². The maximum atomic E-state index is 11.5. The minimum absolute atomic E-state index is 0.147. The van der Waals surface area contributed by atoms with E-state index in [0.29, 0.717) is 34.8 Å².